The Labute approximate surface area is 83.5 Å². The third kappa shape index (κ3) is 3.05. The number of hydrogen-bond acceptors (Lipinski definition) is 2. The van der Waals surface area contributed by atoms with E-state index in [9.17, 15) is 4.79 Å². The lowest BCUT2D eigenvalue weighted by molar-refractivity contribution is 0.0999. The zero-order chi connectivity index (χ0) is 8.97. The van der Waals surface area contributed by atoms with Gasteiger partial charge >= 0.3 is 0 Å². The lowest BCUT2D eigenvalue weighted by atomic mass is 10.0. The molecule has 0 radical (unpaired) electrons. The molecule has 0 aliphatic rings. The highest BCUT2D eigenvalue weighted by molar-refractivity contribution is 5.94. The fourth-order valence-electron chi connectivity index (χ4n) is 1.13. The van der Waals surface area contributed by atoms with Gasteiger partial charge in [0.25, 0.3) is 0 Å². The van der Waals surface area contributed by atoms with Gasteiger partial charge in [0.1, 0.15) is 0 Å². The monoisotopic (exact) mass is 200 g/mol. The van der Waals surface area contributed by atoms with Crippen LogP contribution in [0.25, 0.3) is 0 Å². The summed E-state index contributed by atoms with van der Waals surface area (Å²) in [4.78, 5) is 10.9. The highest BCUT2D eigenvalue weighted by Gasteiger charge is 2.04. The van der Waals surface area contributed by atoms with Crippen LogP contribution in [0.2, 0.25) is 0 Å². The Morgan fingerprint density at radius 1 is 1.31 bits per heavy atom. The van der Waals surface area contributed by atoms with Gasteiger partial charge in [0, 0.05) is 5.56 Å². The zero-order valence-electron chi connectivity index (χ0n) is 7.19. The van der Waals surface area contributed by atoms with Crippen LogP contribution in [0.3, 0.4) is 0 Å². The maximum absolute atomic E-state index is 10.9. The first kappa shape index (κ1) is 11.9. The van der Waals surface area contributed by atoms with E-state index < -0.39 is 0 Å². The summed E-state index contributed by atoms with van der Waals surface area (Å²) in [6.07, 6.45) is 0.694. The molecule has 1 aromatic rings. The Bertz CT molecular complexity index is 289. The number of amides is 1. The second-order valence-electron chi connectivity index (χ2n) is 2.56. The second-order valence-corrected chi connectivity index (χ2v) is 2.56. The van der Waals surface area contributed by atoms with Gasteiger partial charge in [-0.1, -0.05) is 18.2 Å². The van der Waals surface area contributed by atoms with Gasteiger partial charge in [0.05, 0.1) is 0 Å². The van der Waals surface area contributed by atoms with Crippen LogP contribution < -0.4 is 11.5 Å². The highest BCUT2D eigenvalue weighted by atomic mass is 35.5. The molecule has 0 spiro atoms. The molecule has 1 rings (SSSR count). The molecule has 0 heterocycles. The van der Waals surface area contributed by atoms with Crippen molar-refractivity contribution in [1.82, 2.24) is 0 Å². The topological polar surface area (TPSA) is 69.1 Å². The first-order valence-electron chi connectivity index (χ1n) is 3.83. The smallest absolute Gasteiger partial charge is 0.248 e. The minimum Gasteiger partial charge on any atom is -0.366 e. The van der Waals surface area contributed by atoms with Crippen LogP contribution >= 0.6 is 12.4 Å². The summed E-state index contributed by atoms with van der Waals surface area (Å²) in [5, 5.41) is 0. The fraction of sp³-hybridized carbons (Fsp3) is 0.222. The number of rotatable bonds is 3. The minimum atomic E-state index is -0.390. The van der Waals surface area contributed by atoms with Gasteiger partial charge in [-0.3, -0.25) is 4.79 Å². The van der Waals surface area contributed by atoms with E-state index >= 15 is 0 Å². The highest BCUT2D eigenvalue weighted by Crippen LogP contribution is 2.07. The van der Waals surface area contributed by atoms with Crippen LogP contribution in [0.4, 0.5) is 0 Å². The van der Waals surface area contributed by atoms with E-state index in [1.807, 2.05) is 12.1 Å². The predicted molar refractivity (Wildman–Crippen MR) is 55.0 cm³/mol. The van der Waals surface area contributed by atoms with E-state index in [0.29, 0.717) is 18.5 Å². The molecule has 4 heteroatoms. The Hall–Kier alpha value is -1.06. The van der Waals surface area contributed by atoms with Gasteiger partial charge in [-0.2, -0.15) is 0 Å². The molecule has 0 atom stereocenters. The Balaban J connectivity index is 0.00000144. The number of primary amides is 1. The van der Waals surface area contributed by atoms with E-state index in [0.717, 1.165) is 5.56 Å². The molecule has 0 bridgehead atoms. The third-order valence-corrected chi connectivity index (χ3v) is 1.70. The van der Waals surface area contributed by atoms with E-state index in [1.54, 1.807) is 12.1 Å². The van der Waals surface area contributed by atoms with E-state index in [-0.39, 0.29) is 18.3 Å². The SMILES string of the molecule is Cl.NCCc1ccccc1C(N)=O. The summed E-state index contributed by atoms with van der Waals surface area (Å²) in [5.41, 5.74) is 12.0. The van der Waals surface area contributed by atoms with Crippen molar-refractivity contribution in [1.29, 1.82) is 0 Å². The Morgan fingerprint density at radius 2 is 1.92 bits per heavy atom. The molecule has 0 aliphatic heterocycles. The fourth-order valence-corrected chi connectivity index (χ4v) is 1.13. The Kier molecular flexibility index (Phi) is 5.11. The molecule has 4 N–H and O–H groups in total. The zero-order valence-corrected chi connectivity index (χ0v) is 8.01. The molecule has 3 nitrogen and oxygen atoms in total. The molecule has 0 saturated heterocycles. The summed E-state index contributed by atoms with van der Waals surface area (Å²) in [7, 11) is 0. The van der Waals surface area contributed by atoms with Gasteiger partial charge in [-0.15, -0.1) is 12.4 Å². The number of carbonyl (C=O) groups excluding carboxylic acids is 1. The van der Waals surface area contributed by atoms with Crippen LogP contribution in [0, 0.1) is 0 Å². The van der Waals surface area contributed by atoms with E-state index in [2.05, 4.69) is 0 Å². The van der Waals surface area contributed by atoms with Crippen LogP contribution in [-0.2, 0) is 6.42 Å². The van der Waals surface area contributed by atoms with Crippen molar-refractivity contribution in [3.8, 4) is 0 Å². The number of hydrogen-bond donors (Lipinski definition) is 2. The largest absolute Gasteiger partial charge is 0.366 e. The standard InChI is InChI=1S/C9H12N2O.ClH/c10-6-5-7-3-1-2-4-8(7)9(11)12;/h1-4H,5-6,10H2,(H2,11,12);1H. The molecular weight excluding hydrogens is 188 g/mol. The molecule has 13 heavy (non-hydrogen) atoms. The van der Waals surface area contributed by atoms with Gasteiger partial charge < -0.3 is 11.5 Å². The first-order chi connectivity index (χ1) is 5.75. The quantitative estimate of drug-likeness (QED) is 0.755. The van der Waals surface area contributed by atoms with Crippen LogP contribution in [0.1, 0.15) is 15.9 Å². The van der Waals surface area contributed by atoms with Gasteiger partial charge in [0.15, 0.2) is 0 Å². The first-order valence-corrected chi connectivity index (χ1v) is 3.83. The predicted octanol–water partition coefficient (Wildman–Crippen LogP) is 0.709. The molecular formula is C9H13ClN2O. The summed E-state index contributed by atoms with van der Waals surface area (Å²) in [5.74, 6) is -0.390. The second kappa shape index (κ2) is 5.56. The number of nitrogens with two attached hydrogens (primary N) is 2. The van der Waals surface area contributed by atoms with Crippen molar-refractivity contribution in [3.05, 3.63) is 35.4 Å². The number of carbonyl (C=O) groups is 1. The Morgan fingerprint density at radius 3 is 2.46 bits per heavy atom. The molecule has 0 saturated carbocycles. The van der Waals surface area contributed by atoms with Crippen molar-refractivity contribution >= 4 is 18.3 Å². The molecule has 0 aromatic heterocycles. The van der Waals surface area contributed by atoms with Gasteiger partial charge in [-0.25, -0.2) is 0 Å². The van der Waals surface area contributed by atoms with E-state index in [1.165, 1.54) is 0 Å². The van der Waals surface area contributed by atoms with Gasteiger partial charge in [-0.05, 0) is 24.6 Å². The van der Waals surface area contributed by atoms with Crippen molar-refractivity contribution in [3.63, 3.8) is 0 Å². The average Bonchev–Trinajstić information content (AvgIpc) is 2.05. The maximum atomic E-state index is 10.9. The number of benzene rings is 1. The minimum absolute atomic E-state index is 0. The normalized spacial score (nSPS) is 9.00. The van der Waals surface area contributed by atoms with Gasteiger partial charge in [0.2, 0.25) is 5.91 Å². The molecule has 72 valence electrons. The molecule has 1 aromatic carbocycles. The van der Waals surface area contributed by atoms with Crippen LogP contribution in [-0.4, -0.2) is 12.5 Å². The lowest BCUT2D eigenvalue weighted by Gasteiger charge is -2.03. The van der Waals surface area contributed by atoms with Crippen molar-refractivity contribution < 1.29 is 4.79 Å². The summed E-state index contributed by atoms with van der Waals surface area (Å²) in [6, 6.07) is 7.25. The molecule has 0 unspecified atom stereocenters. The van der Waals surface area contributed by atoms with E-state index in [4.69, 9.17) is 11.5 Å². The van der Waals surface area contributed by atoms with Crippen molar-refractivity contribution in [2.45, 2.75) is 6.42 Å². The van der Waals surface area contributed by atoms with Crippen molar-refractivity contribution in [2.75, 3.05) is 6.54 Å². The molecule has 0 aliphatic carbocycles. The summed E-state index contributed by atoms with van der Waals surface area (Å²) >= 11 is 0. The summed E-state index contributed by atoms with van der Waals surface area (Å²) in [6.45, 7) is 0.532. The van der Waals surface area contributed by atoms with Crippen LogP contribution in [0.15, 0.2) is 24.3 Å². The third-order valence-electron chi connectivity index (χ3n) is 1.70. The molecule has 1 amide bonds. The van der Waals surface area contributed by atoms with Crippen LogP contribution in [0.5, 0.6) is 0 Å². The average molecular weight is 201 g/mol. The lowest BCUT2D eigenvalue weighted by Crippen LogP contribution is -2.15. The maximum Gasteiger partial charge on any atom is 0.248 e. The number of halogens is 1. The van der Waals surface area contributed by atoms with Crippen molar-refractivity contribution in [2.24, 2.45) is 11.5 Å². The summed E-state index contributed by atoms with van der Waals surface area (Å²) < 4.78 is 0. The molecule has 0 fully saturated rings.